The Hall–Kier alpha value is -15.0. The highest BCUT2D eigenvalue weighted by atomic mass is 32.2. The first kappa shape index (κ1) is 112. The first-order valence-corrected chi connectivity index (χ1v) is 50.9. The largest absolute Gasteiger partial charge is 0.481 e. The number of amides is 3. The molecule has 150 heavy (non-hydrogen) atoms. The van der Waals surface area contributed by atoms with E-state index in [-0.39, 0.29) is 62.0 Å². The van der Waals surface area contributed by atoms with Crippen molar-refractivity contribution in [2.24, 2.45) is 0 Å². The normalized spacial score (nSPS) is 14.0. The van der Waals surface area contributed by atoms with Gasteiger partial charge in [-0.2, -0.15) is 51.3 Å². The van der Waals surface area contributed by atoms with Crippen molar-refractivity contribution in [2.45, 2.75) is 200 Å². The summed E-state index contributed by atoms with van der Waals surface area (Å²) in [7, 11) is 0. The average molecular weight is 2090 g/mol. The molecule has 8 heterocycles. The molecule has 0 aliphatic carbocycles. The minimum Gasteiger partial charge on any atom is -0.481 e. The number of nitrogens with one attached hydrogen (secondary N) is 2. The molecule has 4 aliphatic rings. The number of carbonyl (C=O) groups is 5. The standard InChI is InChI=1S/C36H37F3N4O3S.C30H33F3N4O4.C30H35F3N4O2.C17H17N3O3/c37-36(38,39)29-9-5-6-25(19-29)22-40-23-26-12-14-41-33(20-26)31-21-30(43-15-2-1-3-16-43)10-11-32(31)42-35(46)28-8-4-7-27(18-28)24-47-17-13-34(44)45;1-29(2,3)41-28(38)36(19-21-8-7-9-23(16-21)30(31,32)33)20-22-12-13-34-26(17-22)25-18-24(10-11-27(25)37(39)40)35-14-5-4-6-15-35;1-29(2,3)39-28(38)37(19-21-8-7-9-23(16-21)30(31,32)33)20-22-12-13-35-27(17-22)25-18-24(10-11-26(25)34)36-14-5-4-6-15-36;21-12-13-6-7-18-16(10-13)15-11-14(4-5-17(15)20(22)23)19-8-2-1-3-9-19/h4-12,14,18-21,40H,1-3,13,15-17,22-24H2,(H,42,46)(H,44,45);7-13,16-18H,4-6,14-15,19-20H2,1-3H3;7-13,16-18H,4-6,14-15,19-20,34H2,1-3H3;4-7,10-12H,1-3,8-9H2. The van der Waals surface area contributed by atoms with Crippen LogP contribution in [0.25, 0.3) is 45.0 Å². The lowest BCUT2D eigenvalue weighted by Gasteiger charge is -2.29. The fourth-order valence-electron chi connectivity index (χ4n) is 17.8. The average Bonchev–Trinajstić information content (AvgIpc) is 0.818. The van der Waals surface area contributed by atoms with Gasteiger partial charge in [-0.25, -0.2) is 9.59 Å². The van der Waals surface area contributed by atoms with Crippen LogP contribution >= 0.6 is 11.8 Å². The molecule has 790 valence electrons. The van der Waals surface area contributed by atoms with Crippen LogP contribution in [0.2, 0.25) is 0 Å². The molecular weight excluding hydrogens is 1960 g/mol. The summed E-state index contributed by atoms with van der Waals surface area (Å²) in [5.74, 6) is -0.0130. The first-order chi connectivity index (χ1) is 71.5. The Bertz CT molecular complexity index is 6680. The summed E-state index contributed by atoms with van der Waals surface area (Å²) >= 11 is 1.51. The van der Waals surface area contributed by atoms with Crippen molar-refractivity contribution in [1.29, 1.82) is 0 Å². The molecule has 0 atom stereocenters. The van der Waals surface area contributed by atoms with Crippen molar-refractivity contribution in [2.75, 3.05) is 88.8 Å². The number of benzene rings is 8. The van der Waals surface area contributed by atoms with Gasteiger partial charge in [0.25, 0.3) is 17.3 Å². The second-order valence-electron chi connectivity index (χ2n) is 39.1. The topological polar surface area (TPSA) is 331 Å². The number of nitrogen functional groups attached to an aromatic ring is 1. The number of pyridine rings is 4. The molecule has 8 aromatic carbocycles. The van der Waals surface area contributed by atoms with Crippen molar-refractivity contribution < 1.29 is 87.9 Å². The van der Waals surface area contributed by atoms with Crippen molar-refractivity contribution in [3.05, 3.63) is 330 Å². The number of aromatic nitrogens is 4. The molecule has 5 N–H and O–H groups in total. The molecule has 0 saturated carbocycles. The number of aldehydes is 1. The van der Waals surface area contributed by atoms with Gasteiger partial charge in [0.05, 0.1) is 72.5 Å². The van der Waals surface area contributed by atoms with Crippen molar-refractivity contribution >= 4 is 87.6 Å². The van der Waals surface area contributed by atoms with Crippen molar-refractivity contribution in [1.82, 2.24) is 35.1 Å². The number of nitro benzene ring substituents is 2. The maximum absolute atomic E-state index is 13.5. The summed E-state index contributed by atoms with van der Waals surface area (Å²) in [5, 5.41) is 38.4. The number of carbonyl (C=O) groups excluding carboxylic acids is 4. The number of aliphatic carboxylic acids is 1. The van der Waals surface area contributed by atoms with E-state index < -0.39 is 74.4 Å². The molecule has 0 bridgehead atoms. The summed E-state index contributed by atoms with van der Waals surface area (Å²) in [4.78, 5) is 113. The summed E-state index contributed by atoms with van der Waals surface area (Å²) in [6.45, 7) is 18.5. The number of nitro groups is 2. The highest BCUT2D eigenvalue weighted by molar-refractivity contribution is 7.98. The van der Waals surface area contributed by atoms with Crippen LogP contribution in [0.15, 0.2) is 243 Å². The van der Waals surface area contributed by atoms with Gasteiger partial charge in [0.15, 0.2) is 0 Å². The van der Waals surface area contributed by atoms with Crippen LogP contribution in [0.1, 0.15) is 201 Å². The highest BCUT2D eigenvalue weighted by Gasteiger charge is 2.36. The molecule has 4 fully saturated rings. The first-order valence-electron chi connectivity index (χ1n) is 49.8. The number of piperidine rings is 4. The lowest BCUT2D eigenvalue weighted by Crippen LogP contribution is -2.36. The molecule has 12 aromatic rings. The molecule has 16 rings (SSSR count). The minimum atomic E-state index is -4.52. The third-order valence-corrected chi connectivity index (χ3v) is 26.2. The van der Waals surface area contributed by atoms with Gasteiger partial charge < -0.3 is 50.5 Å². The molecule has 0 spiro atoms. The van der Waals surface area contributed by atoms with E-state index in [4.69, 9.17) is 20.3 Å². The second kappa shape index (κ2) is 51.8. The number of ether oxygens (including phenoxy) is 2. The summed E-state index contributed by atoms with van der Waals surface area (Å²) in [6.07, 6.45) is 6.12. The van der Waals surface area contributed by atoms with Crippen LogP contribution in [0.5, 0.6) is 0 Å². The number of hydrogen-bond donors (Lipinski definition) is 4. The summed E-state index contributed by atoms with van der Waals surface area (Å²) in [5.41, 5.74) is 17.3. The maximum Gasteiger partial charge on any atom is 0.416 e. The van der Waals surface area contributed by atoms with Crippen molar-refractivity contribution in [3.8, 4) is 45.0 Å². The van der Waals surface area contributed by atoms with Crippen molar-refractivity contribution in [3.63, 3.8) is 0 Å². The molecule has 4 saturated heterocycles. The predicted octanol–water partition coefficient (Wildman–Crippen LogP) is 26.3. The minimum absolute atomic E-state index is 0.00121. The SMILES string of the molecule is CC(C)(C)OC(=O)N(Cc1cccc(C(F)(F)F)c1)Cc1ccnc(-c2cc(N3CCCCC3)ccc2N)c1.CC(C)(C)OC(=O)N(Cc1cccc(C(F)(F)F)c1)Cc1ccnc(-c2cc(N3CCCCC3)ccc2[N+](=O)[O-])c1.O=C(O)CCSCc1cccc(C(=O)Nc2ccc(N3CCCCC3)cc2-c2cc(CNCc3cccc(C(F)(F)F)c3)ccn2)c1.O=Cc1ccnc(-c2cc(N3CCCCC3)ccc2[N+](=O)[O-])c1. The van der Waals surface area contributed by atoms with Gasteiger partial charge in [0.2, 0.25) is 0 Å². The Morgan fingerprint density at radius 3 is 1.19 bits per heavy atom. The Labute approximate surface area is 869 Å². The van der Waals surface area contributed by atoms with E-state index in [1.54, 1.807) is 127 Å². The molecule has 37 heteroatoms. The zero-order valence-corrected chi connectivity index (χ0v) is 85.2. The summed E-state index contributed by atoms with van der Waals surface area (Å²) in [6, 6.07) is 58.3. The Balaban J connectivity index is 0.000000171. The van der Waals surface area contributed by atoms with E-state index in [1.807, 2.05) is 66.7 Å². The monoisotopic (exact) mass is 2080 g/mol. The van der Waals surface area contributed by atoms with Gasteiger partial charge >= 0.3 is 36.7 Å². The maximum atomic E-state index is 13.5. The third kappa shape index (κ3) is 33.2. The number of hydrogen-bond acceptors (Lipinski definition) is 22. The van der Waals surface area contributed by atoms with Crippen LogP contribution in [-0.2, 0) is 77.8 Å². The molecule has 4 aromatic heterocycles. The van der Waals surface area contributed by atoms with E-state index in [0.717, 1.165) is 197 Å². The van der Waals surface area contributed by atoms with Gasteiger partial charge in [-0.15, -0.1) is 0 Å². The smallest absolute Gasteiger partial charge is 0.416 e. The molecule has 4 aliphatic heterocycles. The number of nitrogens with two attached hydrogens (primary N) is 1. The van der Waals surface area contributed by atoms with Crippen LogP contribution in [0.4, 0.5) is 94.6 Å². The lowest BCUT2D eigenvalue weighted by molar-refractivity contribution is -0.384. The van der Waals surface area contributed by atoms with Crippen LogP contribution in [-0.4, -0.2) is 144 Å². The van der Waals surface area contributed by atoms with Crippen LogP contribution in [0.3, 0.4) is 0 Å². The highest BCUT2D eigenvalue weighted by Crippen LogP contribution is 2.42. The molecule has 27 nitrogen and oxygen atoms in total. The number of rotatable bonds is 30. The fourth-order valence-corrected chi connectivity index (χ4v) is 18.7. The number of thioether (sulfide) groups is 1. The van der Waals surface area contributed by atoms with Gasteiger partial charge in [0, 0.05) is 191 Å². The number of carboxylic acid groups (broad SMARTS) is 1. The number of halogens is 9. The quantitative estimate of drug-likeness (QED) is 0.00811. The number of nitrogens with zero attached hydrogens (tertiary/aromatic N) is 12. The zero-order chi connectivity index (χ0) is 107. The van der Waals surface area contributed by atoms with E-state index in [2.05, 4.69) is 56.2 Å². The van der Waals surface area contributed by atoms with E-state index in [1.165, 1.54) is 89.6 Å². The molecule has 3 amide bonds. The van der Waals surface area contributed by atoms with Gasteiger partial charge in [-0.05, 0) is 309 Å². The summed E-state index contributed by atoms with van der Waals surface area (Å²) < 4.78 is 130. The third-order valence-electron chi connectivity index (χ3n) is 25.2. The molecular formula is C113H122F9N15O12S. The van der Waals surface area contributed by atoms with Gasteiger partial charge in [-0.1, -0.05) is 54.6 Å². The molecule has 0 unspecified atom stereocenters. The van der Waals surface area contributed by atoms with Crippen LogP contribution in [0, 0.1) is 20.2 Å². The van der Waals surface area contributed by atoms with Gasteiger partial charge in [-0.3, -0.25) is 64.3 Å². The second-order valence-corrected chi connectivity index (χ2v) is 40.2. The van der Waals surface area contributed by atoms with Gasteiger partial charge in [0.1, 0.15) is 17.5 Å². The Morgan fingerprint density at radius 1 is 0.420 bits per heavy atom. The van der Waals surface area contributed by atoms with E-state index in [0.29, 0.717) is 97.4 Å². The number of anilines is 6. The Morgan fingerprint density at radius 2 is 0.767 bits per heavy atom. The number of carboxylic acids is 1. The van der Waals surface area contributed by atoms with Crippen LogP contribution < -0.4 is 36.0 Å². The molecule has 0 radical (unpaired) electrons. The van der Waals surface area contributed by atoms with E-state index >= 15 is 0 Å². The fraction of sp³-hybridized carbons (Fsp3) is 0.354. The van der Waals surface area contributed by atoms with E-state index in [9.17, 15) is 83.7 Å². The Kier molecular flexibility index (Phi) is 38.7. The predicted molar refractivity (Wildman–Crippen MR) is 565 cm³/mol. The lowest BCUT2D eigenvalue weighted by atomic mass is 10.0. The number of alkyl halides is 9. The zero-order valence-electron chi connectivity index (χ0n) is 84.4.